The molecule has 0 aliphatic carbocycles. The van der Waals surface area contributed by atoms with Crippen LogP contribution in [0.3, 0.4) is 0 Å². The van der Waals surface area contributed by atoms with Gasteiger partial charge in [0.15, 0.2) is 0 Å². The summed E-state index contributed by atoms with van der Waals surface area (Å²) in [6, 6.07) is 3.55. The fourth-order valence-electron chi connectivity index (χ4n) is 2.79. The highest BCUT2D eigenvalue weighted by atomic mass is 35.5. The summed E-state index contributed by atoms with van der Waals surface area (Å²) in [5.74, 6) is 0.398. The molecule has 100 valence electrons. The lowest BCUT2D eigenvalue weighted by Gasteiger charge is -2.31. The number of carbonyl (C=O) groups excluding carboxylic acids is 1. The molecule has 2 amide bonds. The van der Waals surface area contributed by atoms with Gasteiger partial charge < -0.3 is 10.6 Å². The molecular formula is C13H15ClN4O. The number of carbonyl (C=O) groups is 1. The first-order valence-corrected chi connectivity index (χ1v) is 6.70. The summed E-state index contributed by atoms with van der Waals surface area (Å²) in [5, 5.41) is 8.85. The summed E-state index contributed by atoms with van der Waals surface area (Å²) < 4.78 is 0. The number of urea groups is 1. The van der Waals surface area contributed by atoms with Crippen LogP contribution in [0.25, 0.3) is 10.9 Å². The molecule has 1 saturated heterocycles. The highest BCUT2D eigenvalue weighted by Gasteiger charge is 2.24. The van der Waals surface area contributed by atoms with Crippen LogP contribution >= 0.6 is 11.6 Å². The van der Waals surface area contributed by atoms with E-state index >= 15 is 0 Å². The Morgan fingerprint density at radius 3 is 2.84 bits per heavy atom. The number of rotatable bonds is 1. The number of hydrogen-bond donors (Lipinski definition) is 2. The van der Waals surface area contributed by atoms with Gasteiger partial charge in [0.1, 0.15) is 0 Å². The molecule has 1 fully saturated rings. The second-order valence-corrected chi connectivity index (χ2v) is 5.36. The predicted octanol–water partition coefficient (Wildman–Crippen LogP) is 2.47. The first-order chi connectivity index (χ1) is 9.15. The number of H-pyrrole nitrogens is 1. The van der Waals surface area contributed by atoms with Gasteiger partial charge in [0.2, 0.25) is 0 Å². The molecule has 0 unspecified atom stereocenters. The maximum Gasteiger partial charge on any atom is 0.314 e. The van der Waals surface area contributed by atoms with Gasteiger partial charge in [0.05, 0.1) is 11.7 Å². The van der Waals surface area contributed by atoms with Crippen LogP contribution < -0.4 is 5.73 Å². The van der Waals surface area contributed by atoms with Crippen LogP contribution in [-0.4, -0.2) is 34.2 Å². The average Bonchev–Trinajstić information content (AvgIpc) is 2.85. The van der Waals surface area contributed by atoms with E-state index in [9.17, 15) is 4.79 Å². The van der Waals surface area contributed by atoms with Crippen molar-refractivity contribution in [2.24, 2.45) is 5.73 Å². The number of benzene rings is 1. The zero-order valence-electron chi connectivity index (χ0n) is 10.4. The monoisotopic (exact) mass is 278 g/mol. The van der Waals surface area contributed by atoms with Crippen molar-refractivity contribution in [3.05, 3.63) is 28.9 Å². The summed E-state index contributed by atoms with van der Waals surface area (Å²) in [4.78, 5) is 12.8. The normalized spacial score (nSPS) is 17.0. The lowest BCUT2D eigenvalue weighted by Crippen LogP contribution is -2.41. The second-order valence-electron chi connectivity index (χ2n) is 4.93. The van der Waals surface area contributed by atoms with Crippen molar-refractivity contribution >= 4 is 28.5 Å². The van der Waals surface area contributed by atoms with Crippen molar-refractivity contribution in [2.75, 3.05) is 13.1 Å². The molecule has 3 N–H and O–H groups in total. The summed E-state index contributed by atoms with van der Waals surface area (Å²) in [6.45, 7) is 1.40. The van der Waals surface area contributed by atoms with E-state index in [1.807, 2.05) is 18.3 Å². The van der Waals surface area contributed by atoms with Gasteiger partial charge in [-0.1, -0.05) is 11.6 Å². The van der Waals surface area contributed by atoms with Gasteiger partial charge in [-0.15, -0.1) is 0 Å². The molecule has 5 nitrogen and oxygen atoms in total. The number of amides is 2. The first kappa shape index (κ1) is 12.3. The smallest absolute Gasteiger partial charge is 0.314 e. The lowest BCUT2D eigenvalue weighted by molar-refractivity contribution is 0.191. The van der Waals surface area contributed by atoms with Gasteiger partial charge in [-0.3, -0.25) is 5.10 Å². The third-order valence-electron chi connectivity index (χ3n) is 3.80. The van der Waals surface area contributed by atoms with E-state index in [0.29, 0.717) is 24.0 Å². The Morgan fingerprint density at radius 1 is 1.42 bits per heavy atom. The maximum atomic E-state index is 11.1. The number of halogens is 1. The number of primary amides is 1. The summed E-state index contributed by atoms with van der Waals surface area (Å²) in [5.41, 5.74) is 7.47. The standard InChI is InChI=1S/C13H15ClN4O/c14-9-5-10(11-7-16-17-12(11)6-9)8-1-3-18(4-2-8)13(15)19/h5-8H,1-4H2,(H2,15,19)(H,16,17). The molecule has 1 aromatic heterocycles. The minimum atomic E-state index is -0.335. The summed E-state index contributed by atoms with van der Waals surface area (Å²) in [6.07, 6.45) is 3.65. The molecule has 0 saturated carbocycles. The zero-order chi connectivity index (χ0) is 13.4. The number of fused-ring (bicyclic) bond motifs is 1. The molecule has 2 heterocycles. The Bertz CT molecular complexity index is 616. The van der Waals surface area contributed by atoms with Gasteiger partial charge in [0, 0.05) is 23.5 Å². The van der Waals surface area contributed by atoms with Gasteiger partial charge >= 0.3 is 6.03 Å². The SMILES string of the molecule is NC(=O)N1CCC(c2cc(Cl)cc3[nH]ncc23)CC1. The quantitative estimate of drug-likeness (QED) is 0.841. The number of nitrogens with one attached hydrogen (secondary N) is 1. The van der Waals surface area contributed by atoms with Crippen molar-refractivity contribution < 1.29 is 4.79 Å². The molecule has 0 radical (unpaired) electrons. The number of aromatic nitrogens is 2. The lowest BCUT2D eigenvalue weighted by atomic mass is 9.88. The van der Waals surface area contributed by atoms with E-state index in [4.69, 9.17) is 17.3 Å². The van der Waals surface area contributed by atoms with Gasteiger partial charge in [-0.25, -0.2) is 4.79 Å². The van der Waals surface area contributed by atoms with Crippen molar-refractivity contribution in [1.82, 2.24) is 15.1 Å². The molecule has 1 aliphatic heterocycles. The minimum absolute atomic E-state index is 0.335. The van der Waals surface area contributed by atoms with E-state index in [0.717, 1.165) is 23.7 Å². The van der Waals surface area contributed by atoms with Crippen LogP contribution in [0, 0.1) is 0 Å². The molecule has 1 aromatic carbocycles. The molecule has 1 aliphatic rings. The van der Waals surface area contributed by atoms with Crippen molar-refractivity contribution in [2.45, 2.75) is 18.8 Å². The number of nitrogens with two attached hydrogens (primary N) is 1. The van der Waals surface area contributed by atoms with E-state index in [2.05, 4.69) is 10.2 Å². The topological polar surface area (TPSA) is 75.0 Å². The van der Waals surface area contributed by atoms with E-state index < -0.39 is 0 Å². The van der Waals surface area contributed by atoms with Crippen molar-refractivity contribution in [3.8, 4) is 0 Å². The Labute approximate surface area is 115 Å². The highest BCUT2D eigenvalue weighted by Crippen LogP contribution is 2.34. The Balaban J connectivity index is 1.89. The number of likely N-dealkylation sites (tertiary alicyclic amines) is 1. The highest BCUT2D eigenvalue weighted by molar-refractivity contribution is 6.31. The molecular weight excluding hydrogens is 264 g/mol. The molecule has 0 bridgehead atoms. The molecule has 2 aromatic rings. The number of aromatic amines is 1. The van der Waals surface area contributed by atoms with Crippen molar-refractivity contribution in [1.29, 1.82) is 0 Å². The maximum absolute atomic E-state index is 11.1. The molecule has 19 heavy (non-hydrogen) atoms. The number of piperidine rings is 1. The van der Waals surface area contributed by atoms with Crippen LogP contribution in [0.5, 0.6) is 0 Å². The minimum Gasteiger partial charge on any atom is -0.351 e. The van der Waals surface area contributed by atoms with E-state index in [1.54, 1.807) is 4.90 Å². The summed E-state index contributed by atoms with van der Waals surface area (Å²) in [7, 11) is 0. The molecule has 6 heteroatoms. The Kier molecular flexibility index (Phi) is 3.06. The van der Waals surface area contributed by atoms with Gasteiger partial charge in [-0.05, 0) is 36.5 Å². The Hall–Kier alpha value is -1.75. The van der Waals surface area contributed by atoms with Crippen molar-refractivity contribution in [3.63, 3.8) is 0 Å². The average molecular weight is 279 g/mol. The zero-order valence-corrected chi connectivity index (χ0v) is 11.2. The largest absolute Gasteiger partial charge is 0.351 e. The van der Waals surface area contributed by atoms with E-state index in [-0.39, 0.29) is 6.03 Å². The van der Waals surface area contributed by atoms with Crippen LogP contribution in [0.4, 0.5) is 4.79 Å². The van der Waals surface area contributed by atoms with Crippen LogP contribution in [0.2, 0.25) is 5.02 Å². The fourth-order valence-corrected chi connectivity index (χ4v) is 3.02. The first-order valence-electron chi connectivity index (χ1n) is 6.32. The third kappa shape index (κ3) is 2.26. The summed E-state index contributed by atoms with van der Waals surface area (Å²) >= 11 is 6.15. The number of nitrogens with zero attached hydrogens (tertiary/aromatic N) is 2. The number of hydrogen-bond acceptors (Lipinski definition) is 2. The molecule has 0 spiro atoms. The van der Waals surface area contributed by atoms with Gasteiger partial charge in [0.25, 0.3) is 0 Å². The predicted molar refractivity (Wildman–Crippen MR) is 74.2 cm³/mol. The van der Waals surface area contributed by atoms with Gasteiger partial charge in [-0.2, -0.15) is 5.10 Å². The van der Waals surface area contributed by atoms with Crippen LogP contribution in [0.15, 0.2) is 18.3 Å². The molecule has 0 atom stereocenters. The fraction of sp³-hybridized carbons (Fsp3) is 0.385. The van der Waals surface area contributed by atoms with Crippen LogP contribution in [0.1, 0.15) is 24.3 Å². The van der Waals surface area contributed by atoms with Crippen LogP contribution in [-0.2, 0) is 0 Å². The second kappa shape index (κ2) is 4.74. The van der Waals surface area contributed by atoms with E-state index in [1.165, 1.54) is 5.56 Å². The third-order valence-corrected chi connectivity index (χ3v) is 4.02. The Morgan fingerprint density at radius 2 is 2.16 bits per heavy atom. The molecule has 3 rings (SSSR count).